The molecule has 0 bridgehead atoms. The van der Waals surface area contributed by atoms with Crippen LogP contribution in [0.25, 0.3) is 0 Å². The number of ether oxygens (including phenoxy) is 1. The molecule has 0 aliphatic rings. The van der Waals surface area contributed by atoms with Gasteiger partial charge in [0.2, 0.25) is 5.91 Å². The number of methoxy groups -OCH3 is 1. The fourth-order valence-electron chi connectivity index (χ4n) is 2.10. The van der Waals surface area contributed by atoms with Gasteiger partial charge in [-0.1, -0.05) is 41.9 Å². The summed E-state index contributed by atoms with van der Waals surface area (Å²) in [6, 6.07) is 12.0. The van der Waals surface area contributed by atoms with E-state index in [9.17, 15) is 14.7 Å². The Morgan fingerprint density at radius 3 is 2.43 bits per heavy atom. The molecule has 0 heterocycles. The van der Waals surface area contributed by atoms with Crippen molar-refractivity contribution in [3.05, 3.63) is 64.7 Å². The van der Waals surface area contributed by atoms with Gasteiger partial charge in [-0.05, 0) is 23.8 Å². The fourth-order valence-corrected chi connectivity index (χ4v) is 2.35. The van der Waals surface area contributed by atoms with Gasteiger partial charge in [-0.3, -0.25) is 4.79 Å². The second-order valence-corrected chi connectivity index (χ2v) is 5.30. The summed E-state index contributed by atoms with van der Waals surface area (Å²) >= 11 is 6.09. The quantitative estimate of drug-likeness (QED) is 0.825. The highest BCUT2D eigenvalue weighted by Crippen LogP contribution is 2.23. The first-order chi connectivity index (χ1) is 11.0. The molecule has 1 unspecified atom stereocenters. The highest BCUT2D eigenvalue weighted by atomic mass is 35.5. The minimum absolute atomic E-state index is 0.0677. The fraction of sp³-hybridized carbons (Fsp3) is 0.176. The lowest BCUT2D eigenvalue weighted by Crippen LogP contribution is -2.35. The summed E-state index contributed by atoms with van der Waals surface area (Å²) in [5, 5.41) is 12.2. The molecule has 2 aromatic rings. The summed E-state index contributed by atoms with van der Waals surface area (Å²) in [6.07, 6.45) is 0.0677. The molecule has 23 heavy (non-hydrogen) atoms. The van der Waals surface area contributed by atoms with E-state index in [1.54, 1.807) is 36.4 Å². The summed E-state index contributed by atoms with van der Waals surface area (Å²) in [4.78, 5) is 24.2. The maximum absolute atomic E-state index is 12.2. The smallest absolute Gasteiger partial charge is 0.333 e. The molecule has 0 saturated heterocycles. The Labute approximate surface area is 138 Å². The lowest BCUT2D eigenvalue weighted by molar-refractivity contribution is -0.145. The Morgan fingerprint density at radius 1 is 1.17 bits per heavy atom. The molecule has 2 aromatic carbocycles. The van der Waals surface area contributed by atoms with Gasteiger partial charge >= 0.3 is 5.97 Å². The summed E-state index contributed by atoms with van der Waals surface area (Å²) in [5.41, 5.74) is 1.18. The first kappa shape index (κ1) is 16.8. The highest BCUT2D eigenvalue weighted by Gasteiger charge is 2.25. The number of phenols is 1. The van der Waals surface area contributed by atoms with E-state index in [0.29, 0.717) is 16.1 Å². The van der Waals surface area contributed by atoms with Crippen LogP contribution in [0, 0.1) is 0 Å². The van der Waals surface area contributed by atoms with Crippen molar-refractivity contribution in [3.8, 4) is 5.75 Å². The summed E-state index contributed by atoms with van der Waals surface area (Å²) in [6.45, 7) is 0. The van der Waals surface area contributed by atoms with Gasteiger partial charge in [0.15, 0.2) is 6.04 Å². The maximum atomic E-state index is 12.2. The zero-order valence-corrected chi connectivity index (χ0v) is 13.2. The van der Waals surface area contributed by atoms with Gasteiger partial charge < -0.3 is 15.2 Å². The molecule has 0 aliphatic heterocycles. The zero-order chi connectivity index (χ0) is 16.8. The second-order valence-electron chi connectivity index (χ2n) is 4.89. The lowest BCUT2D eigenvalue weighted by Gasteiger charge is -2.18. The number of carbonyl (C=O) groups excluding carboxylic acids is 2. The Balaban J connectivity index is 2.15. The average molecular weight is 334 g/mol. The van der Waals surface area contributed by atoms with Crippen LogP contribution in [0.5, 0.6) is 5.75 Å². The van der Waals surface area contributed by atoms with Crippen LogP contribution in [0.3, 0.4) is 0 Å². The third-order valence-electron chi connectivity index (χ3n) is 3.26. The number of phenolic OH excluding ortho intramolecular Hbond substituents is 1. The first-order valence-electron chi connectivity index (χ1n) is 6.91. The lowest BCUT2D eigenvalue weighted by atomic mass is 10.1. The van der Waals surface area contributed by atoms with E-state index in [1.807, 2.05) is 0 Å². The molecule has 0 radical (unpaired) electrons. The summed E-state index contributed by atoms with van der Waals surface area (Å²) in [5.74, 6) is -0.833. The predicted molar refractivity (Wildman–Crippen MR) is 86.2 cm³/mol. The SMILES string of the molecule is COC(=O)C(NC(=O)Cc1ccc(O)cc1)c1ccccc1Cl. The molecular weight excluding hydrogens is 318 g/mol. The molecule has 2 N–H and O–H groups in total. The monoisotopic (exact) mass is 333 g/mol. The Morgan fingerprint density at radius 2 is 1.83 bits per heavy atom. The van der Waals surface area contributed by atoms with Crippen LogP contribution < -0.4 is 5.32 Å². The highest BCUT2D eigenvalue weighted by molar-refractivity contribution is 6.31. The Hall–Kier alpha value is -2.53. The normalized spacial score (nSPS) is 11.6. The van der Waals surface area contributed by atoms with Gasteiger partial charge in [0, 0.05) is 10.6 Å². The van der Waals surface area contributed by atoms with E-state index < -0.39 is 12.0 Å². The van der Waals surface area contributed by atoms with Gasteiger partial charge in [0.1, 0.15) is 5.75 Å². The molecule has 0 aromatic heterocycles. The summed E-state index contributed by atoms with van der Waals surface area (Å²) in [7, 11) is 1.25. The van der Waals surface area contributed by atoms with E-state index in [4.69, 9.17) is 16.3 Å². The van der Waals surface area contributed by atoms with Crippen molar-refractivity contribution < 1.29 is 19.4 Å². The number of nitrogens with one attached hydrogen (secondary N) is 1. The van der Waals surface area contributed by atoms with Gasteiger partial charge in [-0.15, -0.1) is 0 Å². The standard InChI is InChI=1S/C17H16ClNO4/c1-23-17(22)16(13-4-2-3-5-14(13)18)19-15(21)10-11-6-8-12(20)9-7-11/h2-9,16,20H,10H2,1H3,(H,19,21). The molecule has 1 atom stereocenters. The minimum Gasteiger partial charge on any atom is -0.508 e. The summed E-state index contributed by atoms with van der Waals surface area (Å²) < 4.78 is 4.74. The van der Waals surface area contributed by atoms with E-state index in [0.717, 1.165) is 0 Å². The van der Waals surface area contributed by atoms with Gasteiger partial charge in [0.25, 0.3) is 0 Å². The van der Waals surface area contributed by atoms with Crippen LogP contribution >= 0.6 is 11.6 Å². The molecule has 120 valence electrons. The molecule has 6 heteroatoms. The van der Waals surface area contributed by atoms with Crippen molar-refractivity contribution in [1.82, 2.24) is 5.32 Å². The number of hydrogen-bond acceptors (Lipinski definition) is 4. The van der Waals surface area contributed by atoms with Gasteiger partial charge in [0.05, 0.1) is 13.5 Å². The molecule has 0 fully saturated rings. The largest absolute Gasteiger partial charge is 0.508 e. The van der Waals surface area contributed by atoms with E-state index in [2.05, 4.69) is 5.32 Å². The number of rotatable bonds is 5. The number of amides is 1. The van der Waals surface area contributed by atoms with Crippen LogP contribution in [0.4, 0.5) is 0 Å². The Kier molecular flexibility index (Phi) is 5.60. The third kappa shape index (κ3) is 4.47. The van der Waals surface area contributed by atoms with Crippen LogP contribution in [0.2, 0.25) is 5.02 Å². The number of esters is 1. The van der Waals surface area contributed by atoms with Gasteiger partial charge in [-0.25, -0.2) is 4.79 Å². The van der Waals surface area contributed by atoms with Crippen molar-refractivity contribution in [2.24, 2.45) is 0 Å². The van der Waals surface area contributed by atoms with E-state index in [-0.39, 0.29) is 18.1 Å². The molecule has 0 saturated carbocycles. The number of benzene rings is 2. The minimum atomic E-state index is -0.974. The van der Waals surface area contributed by atoms with Crippen molar-refractivity contribution in [3.63, 3.8) is 0 Å². The van der Waals surface area contributed by atoms with Gasteiger partial charge in [-0.2, -0.15) is 0 Å². The number of hydrogen-bond donors (Lipinski definition) is 2. The second kappa shape index (κ2) is 7.65. The number of aromatic hydroxyl groups is 1. The molecular formula is C17H16ClNO4. The average Bonchev–Trinajstić information content (AvgIpc) is 2.55. The topological polar surface area (TPSA) is 75.6 Å². The predicted octanol–water partition coefficient (Wildman–Crippen LogP) is 2.62. The molecule has 0 aliphatic carbocycles. The molecule has 2 rings (SSSR count). The maximum Gasteiger partial charge on any atom is 0.333 e. The van der Waals surface area contributed by atoms with Crippen molar-refractivity contribution in [2.45, 2.75) is 12.5 Å². The third-order valence-corrected chi connectivity index (χ3v) is 3.60. The number of halogens is 1. The van der Waals surface area contributed by atoms with Crippen LogP contribution in [-0.4, -0.2) is 24.1 Å². The van der Waals surface area contributed by atoms with Crippen LogP contribution in [0.1, 0.15) is 17.2 Å². The number of carbonyl (C=O) groups is 2. The Bertz CT molecular complexity index is 700. The van der Waals surface area contributed by atoms with Crippen molar-refractivity contribution in [2.75, 3.05) is 7.11 Å². The first-order valence-corrected chi connectivity index (χ1v) is 7.28. The molecule has 0 spiro atoms. The van der Waals surface area contributed by atoms with E-state index >= 15 is 0 Å². The van der Waals surface area contributed by atoms with Crippen LogP contribution in [-0.2, 0) is 20.7 Å². The van der Waals surface area contributed by atoms with E-state index in [1.165, 1.54) is 19.2 Å². The van der Waals surface area contributed by atoms with Crippen molar-refractivity contribution >= 4 is 23.5 Å². The van der Waals surface area contributed by atoms with Crippen LogP contribution in [0.15, 0.2) is 48.5 Å². The van der Waals surface area contributed by atoms with Crippen molar-refractivity contribution in [1.29, 1.82) is 0 Å². The molecule has 5 nitrogen and oxygen atoms in total. The zero-order valence-electron chi connectivity index (χ0n) is 12.5. The molecule has 1 amide bonds.